The molecule has 7 aromatic rings. The third-order valence-electron chi connectivity index (χ3n) is 11.0. The Bertz CT molecular complexity index is 2490. The van der Waals surface area contributed by atoms with Gasteiger partial charge in [0.15, 0.2) is 0 Å². The average Bonchev–Trinajstić information content (AvgIpc) is 3.79. The van der Waals surface area contributed by atoms with E-state index in [0.29, 0.717) is 11.1 Å². The Morgan fingerprint density at radius 2 is 1.47 bits per heavy atom. The molecule has 4 aromatic heterocycles. The first-order valence-electron chi connectivity index (χ1n) is 20.1. The number of hydrogen-bond acceptors (Lipinski definition) is 4. The van der Waals surface area contributed by atoms with Crippen molar-refractivity contribution in [3.63, 3.8) is 0 Å². The van der Waals surface area contributed by atoms with Crippen molar-refractivity contribution in [2.45, 2.75) is 97.3 Å². The van der Waals surface area contributed by atoms with Crippen molar-refractivity contribution in [1.82, 2.24) is 15.0 Å². The minimum Gasteiger partial charge on any atom is -0.486 e. The Labute approximate surface area is 354 Å². The first-order valence-corrected chi connectivity index (χ1v) is 27.4. The summed E-state index contributed by atoms with van der Waals surface area (Å²) in [5, 5.41) is 1.95. The fourth-order valence-corrected chi connectivity index (χ4v) is 11.6. The number of fused-ring (bicyclic) bond motifs is 3. The maximum absolute atomic E-state index is 13.8. The van der Waals surface area contributed by atoms with Gasteiger partial charge in [-0.25, -0.2) is 9.37 Å². The number of aryl methyl sites for hydroxylation is 3. The van der Waals surface area contributed by atoms with E-state index in [1.165, 1.54) is 46.8 Å². The van der Waals surface area contributed by atoms with Gasteiger partial charge >= 0.3 is 132 Å². The van der Waals surface area contributed by atoms with Crippen molar-refractivity contribution in [2.75, 3.05) is 0 Å². The summed E-state index contributed by atoms with van der Waals surface area (Å²) in [7, 11) is 0. The predicted octanol–water partition coefficient (Wildman–Crippen LogP) is 13.0. The first kappa shape index (κ1) is 42.6. The van der Waals surface area contributed by atoms with E-state index in [9.17, 15) is 4.39 Å². The van der Waals surface area contributed by atoms with Gasteiger partial charge in [-0.1, -0.05) is 42.7 Å². The van der Waals surface area contributed by atoms with Crippen molar-refractivity contribution in [2.24, 2.45) is 11.3 Å². The first-order chi connectivity index (χ1) is 26.6. The van der Waals surface area contributed by atoms with Crippen LogP contribution in [0.3, 0.4) is 0 Å². The maximum atomic E-state index is 13.8. The fraction of sp³-hybridized carbons (Fsp3) is 0.340. The van der Waals surface area contributed by atoms with E-state index < -0.39 is 13.3 Å². The second-order valence-corrected chi connectivity index (χ2v) is 28.6. The molecule has 1 fully saturated rings. The van der Waals surface area contributed by atoms with Gasteiger partial charge in [-0.15, -0.1) is 23.8 Å². The van der Waals surface area contributed by atoms with E-state index in [1.54, 1.807) is 12.1 Å². The van der Waals surface area contributed by atoms with Crippen LogP contribution in [0.2, 0.25) is 17.3 Å². The smallest absolute Gasteiger partial charge is 0.216 e. The summed E-state index contributed by atoms with van der Waals surface area (Å²) in [4.78, 5) is 14.3. The monoisotopic (exact) mass is 998 g/mol. The zero-order valence-electron chi connectivity index (χ0n) is 34.9. The summed E-state index contributed by atoms with van der Waals surface area (Å²) in [6, 6.07) is 30.3. The van der Waals surface area contributed by atoms with Crippen LogP contribution in [0, 0.1) is 50.1 Å². The van der Waals surface area contributed by atoms with Gasteiger partial charge < -0.3 is 9.40 Å². The molecule has 1 aliphatic rings. The van der Waals surface area contributed by atoms with E-state index in [-0.39, 0.29) is 25.9 Å². The number of furan rings is 1. The topological polar surface area (TPSA) is 51.8 Å². The Morgan fingerprint density at radius 3 is 2.12 bits per heavy atom. The standard InChI is InChI=1S/C31H28FN2O.C19H26GeN.Ir/c1-18-14-28(33-17-23(18)15-21-6-4-5-7-21)22-8-11-29-26(16-22)25-9-10-27(34-31(25)35-29)30-19(2)12-24(32)13-20(30)3;1-19(2,3)13-16-12-18(15-10-8-7-9-11-15)21-14-17(16)20(4,5)6;/h9-14,16-17,21H,4-7,15H2,1-3H3;7-10,12,14H,13H2,1-6H3;/q2*-1;. The molecule has 3 aromatic carbocycles. The molecule has 4 nitrogen and oxygen atoms in total. The SMILES string of the molecule is CC(C)(C)Cc1cc(-c2[c-]cccc2)nc[c]1[Ge]([CH3])([CH3])[CH3].Cc1cc(-c2[c-]cc3oc4nc(-c5c(C)cc(F)cc5C)ccc4c3c2)ncc1CC1CCCC1.[Ir]. The molecule has 0 amide bonds. The molecule has 0 atom stereocenters. The Hall–Kier alpha value is -3.97. The van der Waals surface area contributed by atoms with Crippen LogP contribution in [0.4, 0.5) is 4.39 Å². The van der Waals surface area contributed by atoms with Gasteiger partial charge in [-0.05, 0) is 79.8 Å². The van der Waals surface area contributed by atoms with Crippen molar-refractivity contribution >= 4 is 39.7 Å². The van der Waals surface area contributed by atoms with Gasteiger partial charge in [-0.3, -0.25) is 0 Å². The van der Waals surface area contributed by atoms with Crippen LogP contribution in [0.25, 0.3) is 55.8 Å². The van der Waals surface area contributed by atoms with Crippen LogP contribution in [0.5, 0.6) is 0 Å². The number of pyridine rings is 3. The quantitative estimate of drug-likeness (QED) is 0.118. The van der Waals surface area contributed by atoms with Crippen LogP contribution in [-0.4, -0.2) is 28.2 Å². The summed E-state index contributed by atoms with van der Waals surface area (Å²) in [5.41, 5.74) is 13.2. The largest absolute Gasteiger partial charge is 0.486 e. The normalized spacial score (nSPS) is 13.4. The van der Waals surface area contributed by atoms with Crippen LogP contribution in [-0.2, 0) is 32.9 Å². The number of rotatable bonds is 7. The minimum absolute atomic E-state index is 0. The van der Waals surface area contributed by atoms with Crippen molar-refractivity contribution in [1.29, 1.82) is 0 Å². The molecule has 0 N–H and O–H groups in total. The molecular formula is C50H54FGeIrN3O-2. The number of nitrogens with zero attached hydrogens (tertiary/aromatic N) is 3. The van der Waals surface area contributed by atoms with E-state index in [2.05, 4.69) is 93.8 Å². The molecule has 57 heavy (non-hydrogen) atoms. The molecule has 0 saturated heterocycles. The molecule has 0 bridgehead atoms. The van der Waals surface area contributed by atoms with Crippen molar-refractivity contribution in [3.05, 3.63) is 131 Å². The van der Waals surface area contributed by atoms with Gasteiger partial charge in [0.1, 0.15) is 5.82 Å². The van der Waals surface area contributed by atoms with Gasteiger partial charge in [0.2, 0.25) is 5.71 Å². The summed E-state index contributed by atoms with van der Waals surface area (Å²) in [6.07, 6.45) is 11.8. The predicted molar refractivity (Wildman–Crippen MR) is 233 cm³/mol. The summed E-state index contributed by atoms with van der Waals surface area (Å²) < 4.78 is 21.4. The van der Waals surface area contributed by atoms with E-state index >= 15 is 0 Å². The number of aromatic nitrogens is 3. The van der Waals surface area contributed by atoms with Crippen LogP contribution >= 0.6 is 0 Å². The van der Waals surface area contributed by atoms with E-state index in [0.717, 1.165) is 80.0 Å². The van der Waals surface area contributed by atoms with Gasteiger partial charge in [0.25, 0.3) is 0 Å². The molecule has 8 rings (SSSR count). The summed E-state index contributed by atoms with van der Waals surface area (Å²) in [6.45, 7) is 12.9. The van der Waals surface area contributed by atoms with Gasteiger partial charge in [-0.2, -0.15) is 0 Å². The Balaban J connectivity index is 0.000000215. The van der Waals surface area contributed by atoms with Crippen LogP contribution < -0.4 is 4.40 Å². The van der Waals surface area contributed by atoms with E-state index in [1.807, 2.05) is 50.2 Å². The molecule has 1 radical (unpaired) electrons. The number of benzene rings is 3. The fourth-order valence-electron chi connectivity index (χ4n) is 8.26. The van der Waals surface area contributed by atoms with Gasteiger partial charge in [0, 0.05) is 37.3 Å². The third kappa shape index (κ3) is 10.0. The van der Waals surface area contributed by atoms with E-state index in [4.69, 9.17) is 19.4 Å². The summed E-state index contributed by atoms with van der Waals surface area (Å²) >= 11 is -1.90. The summed E-state index contributed by atoms with van der Waals surface area (Å²) in [5.74, 6) is 7.90. The molecule has 7 heteroatoms. The number of hydrogen-bond donors (Lipinski definition) is 0. The molecule has 0 aliphatic heterocycles. The molecule has 4 heterocycles. The molecule has 1 saturated carbocycles. The zero-order chi connectivity index (χ0) is 39.8. The van der Waals surface area contributed by atoms with Crippen molar-refractivity contribution in [3.8, 4) is 33.8 Å². The maximum Gasteiger partial charge on any atom is 0.216 e. The minimum atomic E-state index is -1.90. The second-order valence-electron chi connectivity index (χ2n) is 18.0. The van der Waals surface area contributed by atoms with Crippen molar-refractivity contribution < 1.29 is 28.9 Å². The average molecular weight is 997 g/mol. The number of halogens is 1. The molecular weight excluding hydrogens is 942 g/mol. The Kier molecular flexibility index (Phi) is 13.1. The molecule has 0 unspecified atom stereocenters. The Morgan fingerprint density at radius 1 is 0.772 bits per heavy atom. The zero-order valence-corrected chi connectivity index (χ0v) is 39.4. The molecule has 1 aliphatic carbocycles. The third-order valence-corrected chi connectivity index (χ3v) is 15.3. The van der Waals surface area contributed by atoms with Crippen LogP contribution in [0.15, 0.2) is 89.6 Å². The molecule has 297 valence electrons. The second kappa shape index (κ2) is 17.5. The van der Waals surface area contributed by atoms with Crippen LogP contribution in [0.1, 0.15) is 74.3 Å². The molecule has 0 spiro atoms. The van der Waals surface area contributed by atoms with Gasteiger partial charge in [0.05, 0.1) is 11.3 Å².